The van der Waals surface area contributed by atoms with Gasteiger partial charge in [-0.1, -0.05) is 19.1 Å². The van der Waals surface area contributed by atoms with E-state index in [0.29, 0.717) is 26.0 Å². The summed E-state index contributed by atoms with van der Waals surface area (Å²) in [7, 11) is 0. The van der Waals surface area contributed by atoms with Crippen LogP contribution < -0.4 is 15.4 Å². The van der Waals surface area contributed by atoms with Crippen LogP contribution in [-0.2, 0) is 16.1 Å². The van der Waals surface area contributed by atoms with Crippen molar-refractivity contribution in [1.29, 1.82) is 0 Å². The van der Waals surface area contributed by atoms with E-state index in [2.05, 4.69) is 17.6 Å². The molecule has 1 atom stereocenters. The summed E-state index contributed by atoms with van der Waals surface area (Å²) in [5.41, 5.74) is 0.983. The first-order valence-electron chi connectivity index (χ1n) is 6.98. The summed E-state index contributed by atoms with van der Waals surface area (Å²) in [6.45, 7) is 3.18. The predicted octanol–water partition coefficient (Wildman–Crippen LogP) is 1.37. The van der Waals surface area contributed by atoms with Crippen molar-refractivity contribution in [2.24, 2.45) is 0 Å². The first-order valence-corrected chi connectivity index (χ1v) is 6.98. The van der Waals surface area contributed by atoms with Gasteiger partial charge in [0, 0.05) is 13.0 Å². The van der Waals surface area contributed by atoms with Gasteiger partial charge in [0.05, 0.1) is 6.61 Å². The van der Waals surface area contributed by atoms with E-state index in [1.54, 1.807) is 0 Å². The van der Waals surface area contributed by atoms with Gasteiger partial charge < -0.3 is 15.4 Å². The van der Waals surface area contributed by atoms with Crippen LogP contribution >= 0.6 is 0 Å². The molecule has 1 aliphatic rings. The molecule has 2 N–H and O–H groups in total. The molecule has 1 unspecified atom stereocenters. The summed E-state index contributed by atoms with van der Waals surface area (Å²) in [6.07, 6.45) is 1.96. The highest BCUT2D eigenvalue weighted by molar-refractivity contribution is 5.90. The van der Waals surface area contributed by atoms with E-state index >= 15 is 0 Å². The molecule has 0 saturated carbocycles. The number of benzene rings is 1. The lowest BCUT2D eigenvalue weighted by Crippen LogP contribution is -2.41. The van der Waals surface area contributed by atoms with Crippen LogP contribution in [0.1, 0.15) is 31.7 Å². The molecule has 5 heteroatoms. The molecule has 0 spiro atoms. The molecule has 5 nitrogen and oxygen atoms in total. The molecule has 0 radical (unpaired) electrons. The number of carbonyl (C=O) groups excluding carboxylic acids is 2. The van der Waals surface area contributed by atoms with E-state index in [1.807, 2.05) is 24.3 Å². The van der Waals surface area contributed by atoms with Crippen LogP contribution in [0.5, 0.6) is 5.75 Å². The smallest absolute Gasteiger partial charge is 0.242 e. The quantitative estimate of drug-likeness (QED) is 0.824. The maximum atomic E-state index is 11.9. The fraction of sp³-hybridized carbons (Fsp3) is 0.467. The molecule has 108 valence electrons. The molecule has 20 heavy (non-hydrogen) atoms. The molecule has 1 heterocycles. The molecule has 2 rings (SSSR count). The fourth-order valence-electron chi connectivity index (χ4n) is 2.09. The Balaban J connectivity index is 1.84. The second-order valence-electron chi connectivity index (χ2n) is 4.87. The van der Waals surface area contributed by atoms with Crippen molar-refractivity contribution >= 4 is 11.8 Å². The van der Waals surface area contributed by atoms with Crippen molar-refractivity contribution in [2.45, 2.75) is 38.8 Å². The van der Waals surface area contributed by atoms with E-state index in [-0.39, 0.29) is 17.9 Å². The zero-order valence-electron chi connectivity index (χ0n) is 11.6. The molecule has 0 bridgehead atoms. The van der Waals surface area contributed by atoms with E-state index in [4.69, 9.17) is 4.74 Å². The van der Waals surface area contributed by atoms with Crippen molar-refractivity contribution in [3.8, 4) is 5.75 Å². The Kier molecular flexibility index (Phi) is 4.98. The summed E-state index contributed by atoms with van der Waals surface area (Å²) >= 11 is 0. The Morgan fingerprint density at radius 1 is 1.50 bits per heavy atom. The summed E-state index contributed by atoms with van der Waals surface area (Å²) < 4.78 is 5.55. The summed E-state index contributed by atoms with van der Waals surface area (Å²) in [5, 5.41) is 5.49. The van der Waals surface area contributed by atoms with Gasteiger partial charge in [-0.15, -0.1) is 0 Å². The van der Waals surface area contributed by atoms with Crippen LogP contribution in [0.25, 0.3) is 0 Å². The Bertz CT molecular complexity index is 488. The van der Waals surface area contributed by atoms with Crippen molar-refractivity contribution < 1.29 is 14.3 Å². The van der Waals surface area contributed by atoms with Gasteiger partial charge >= 0.3 is 0 Å². The van der Waals surface area contributed by atoms with Gasteiger partial charge in [-0.3, -0.25) is 9.59 Å². The van der Waals surface area contributed by atoms with E-state index in [1.165, 1.54) is 0 Å². The second kappa shape index (κ2) is 6.93. The average molecular weight is 276 g/mol. The first-order chi connectivity index (χ1) is 9.69. The van der Waals surface area contributed by atoms with Crippen LogP contribution in [0.4, 0.5) is 0 Å². The zero-order valence-corrected chi connectivity index (χ0v) is 11.6. The number of hydrogen-bond acceptors (Lipinski definition) is 3. The van der Waals surface area contributed by atoms with Gasteiger partial charge in [0.15, 0.2) is 0 Å². The average Bonchev–Trinajstić information content (AvgIpc) is 2.90. The summed E-state index contributed by atoms with van der Waals surface area (Å²) in [4.78, 5) is 22.9. The van der Waals surface area contributed by atoms with Crippen LogP contribution in [0.15, 0.2) is 24.3 Å². The third-order valence-electron chi connectivity index (χ3n) is 3.15. The maximum absolute atomic E-state index is 11.9. The number of carbonyl (C=O) groups is 2. The Morgan fingerprint density at radius 3 is 3.05 bits per heavy atom. The summed E-state index contributed by atoms with van der Waals surface area (Å²) in [6, 6.07) is 7.28. The highest BCUT2D eigenvalue weighted by Gasteiger charge is 2.26. The molecule has 1 aromatic carbocycles. The minimum atomic E-state index is -0.387. The van der Waals surface area contributed by atoms with Crippen LogP contribution in [0.2, 0.25) is 0 Å². The van der Waals surface area contributed by atoms with Crippen LogP contribution in [-0.4, -0.2) is 24.5 Å². The van der Waals surface area contributed by atoms with Gasteiger partial charge in [-0.2, -0.15) is 0 Å². The molecule has 1 fully saturated rings. The lowest BCUT2D eigenvalue weighted by atomic mass is 10.2. The molecular weight excluding hydrogens is 256 g/mol. The van der Waals surface area contributed by atoms with Gasteiger partial charge in [-0.25, -0.2) is 0 Å². The number of rotatable bonds is 6. The molecule has 0 aromatic heterocycles. The summed E-state index contributed by atoms with van der Waals surface area (Å²) in [5.74, 6) is 0.628. The van der Waals surface area contributed by atoms with Crippen LogP contribution in [0.3, 0.4) is 0 Å². The van der Waals surface area contributed by atoms with Gasteiger partial charge in [0.25, 0.3) is 0 Å². The second-order valence-corrected chi connectivity index (χ2v) is 4.87. The van der Waals surface area contributed by atoms with Gasteiger partial charge in [0.2, 0.25) is 11.8 Å². The van der Waals surface area contributed by atoms with E-state index in [9.17, 15) is 9.59 Å². The molecule has 1 aromatic rings. The lowest BCUT2D eigenvalue weighted by molar-refractivity contribution is -0.125. The first kappa shape index (κ1) is 14.4. The van der Waals surface area contributed by atoms with Crippen molar-refractivity contribution in [3.63, 3.8) is 0 Å². The van der Waals surface area contributed by atoms with Crippen molar-refractivity contribution in [1.82, 2.24) is 10.6 Å². The third-order valence-corrected chi connectivity index (χ3v) is 3.15. The molecule has 2 amide bonds. The Hall–Kier alpha value is -2.04. The molecule has 1 aliphatic heterocycles. The topological polar surface area (TPSA) is 67.4 Å². The number of hydrogen-bond donors (Lipinski definition) is 2. The van der Waals surface area contributed by atoms with Gasteiger partial charge in [0.1, 0.15) is 11.8 Å². The van der Waals surface area contributed by atoms with E-state index in [0.717, 1.165) is 17.7 Å². The van der Waals surface area contributed by atoms with Crippen LogP contribution in [0, 0.1) is 0 Å². The van der Waals surface area contributed by atoms with Crippen molar-refractivity contribution in [2.75, 3.05) is 6.61 Å². The van der Waals surface area contributed by atoms with E-state index < -0.39 is 0 Å². The Labute approximate surface area is 118 Å². The maximum Gasteiger partial charge on any atom is 0.242 e. The van der Waals surface area contributed by atoms with Crippen molar-refractivity contribution in [3.05, 3.63) is 29.8 Å². The fourth-order valence-corrected chi connectivity index (χ4v) is 2.09. The highest BCUT2D eigenvalue weighted by Crippen LogP contribution is 2.14. The number of amides is 2. The Morgan fingerprint density at radius 2 is 2.35 bits per heavy atom. The number of ether oxygens (including phenoxy) is 1. The number of nitrogens with one attached hydrogen (secondary N) is 2. The molecular formula is C15H20N2O3. The minimum Gasteiger partial charge on any atom is -0.494 e. The lowest BCUT2D eigenvalue weighted by Gasteiger charge is -2.11. The third kappa shape index (κ3) is 3.98. The predicted molar refractivity (Wildman–Crippen MR) is 75.2 cm³/mol. The normalized spacial score (nSPS) is 17.6. The highest BCUT2D eigenvalue weighted by atomic mass is 16.5. The standard InChI is InChI=1S/C15H20N2O3/c1-2-8-20-12-5-3-4-11(9-12)10-16-15(19)13-6-7-14(18)17-13/h3-5,9,13H,2,6-8,10H2,1H3,(H,16,19)(H,17,18). The minimum absolute atomic E-state index is 0.0555. The molecule has 0 aliphatic carbocycles. The monoisotopic (exact) mass is 276 g/mol. The van der Waals surface area contributed by atoms with Gasteiger partial charge in [-0.05, 0) is 30.5 Å². The largest absolute Gasteiger partial charge is 0.494 e. The zero-order chi connectivity index (χ0) is 14.4. The molecule has 1 saturated heterocycles. The SMILES string of the molecule is CCCOc1cccc(CNC(=O)C2CCC(=O)N2)c1.